The Bertz CT molecular complexity index is 860. The highest BCUT2D eigenvalue weighted by atomic mass is 35.5. The van der Waals surface area contributed by atoms with Gasteiger partial charge in [0.25, 0.3) is 0 Å². The number of carbonyl (C=O) groups is 2. The maximum Gasteiger partial charge on any atom is 0.412 e. The van der Waals surface area contributed by atoms with Crippen LogP contribution in [0.2, 0.25) is 5.02 Å². The van der Waals surface area contributed by atoms with Crippen molar-refractivity contribution < 1.29 is 19.1 Å². The first-order chi connectivity index (χ1) is 14.3. The molecule has 1 aliphatic heterocycles. The van der Waals surface area contributed by atoms with E-state index in [1.807, 2.05) is 20.8 Å². The average Bonchev–Trinajstić information content (AvgIpc) is 2.62. The Kier molecular flexibility index (Phi) is 7.79. The number of hydrogen-bond acceptors (Lipinski definition) is 6. The molecule has 2 rings (SSSR count). The molecule has 31 heavy (non-hydrogen) atoms. The van der Waals surface area contributed by atoms with Crippen molar-refractivity contribution in [3.05, 3.63) is 28.3 Å². The lowest BCUT2D eigenvalue weighted by Crippen LogP contribution is -2.49. The Morgan fingerprint density at radius 3 is 2.16 bits per heavy atom. The van der Waals surface area contributed by atoms with Crippen molar-refractivity contribution in [1.29, 1.82) is 5.26 Å². The van der Waals surface area contributed by atoms with E-state index in [9.17, 15) is 14.9 Å². The van der Waals surface area contributed by atoms with Gasteiger partial charge in [-0.25, -0.2) is 9.59 Å². The van der Waals surface area contributed by atoms with E-state index in [1.54, 1.807) is 31.7 Å². The topological polar surface area (TPSA) is 94.9 Å². The largest absolute Gasteiger partial charge is 0.444 e. The Morgan fingerprint density at radius 1 is 1.06 bits per heavy atom. The highest BCUT2D eigenvalue weighted by Crippen LogP contribution is 2.30. The number of benzene rings is 1. The first-order valence-corrected chi connectivity index (χ1v) is 10.6. The second-order valence-corrected chi connectivity index (χ2v) is 9.86. The molecule has 0 radical (unpaired) electrons. The molecular formula is C22H31ClN4O4. The average molecular weight is 451 g/mol. The lowest BCUT2D eigenvalue weighted by molar-refractivity contribution is 0.0139. The zero-order chi connectivity index (χ0) is 23.4. The summed E-state index contributed by atoms with van der Waals surface area (Å²) >= 11 is 6.53. The summed E-state index contributed by atoms with van der Waals surface area (Å²) in [7, 11) is 0. The maximum absolute atomic E-state index is 12.2. The summed E-state index contributed by atoms with van der Waals surface area (Å²) in [5, 5.41) is 12.4. The van der Waals surface area contributed by atoms with Crippen LogP contribution in [-0.2, 0) is 16.0 Å². The summed E-state index contributed by atoms with van der Waals surface area (Å²) in [6.45, 7) is 13.7. The predicted octanol–water partition coefficient (Wildman–Crippen LogP) is 4.61. The third-order valence-electron chi connectivity index (χ3n) is 4.33. The lowest BCUT2D eigenvalue weighted by Gasteiger charge is -2.35. The van der Waals surface area contributed by atoms with Gasteiger partial charge < -0.3 is 14.4 Å². The van der Waals surface area contributed by atoms with Crippen molar-refractivity contribution in [1.82, 2.24) is 9.80 Å². The molecular weight excluding hydrogens is 420 g/mol. The van der Waals surface area contributed by atoms with Gasteiger partial charge in [-0.05, 0) is 59.2 Å². The molecule has 2 amide bonds. The van der Waals surface area contributed by atoms with Crippen molar-refractivity contribution in [3.63, 3.8) is 0 Å². The third kappa shape index (κ3) is 7.93. The van der Waals surface area contributed by atoms with Crippen LogP contribution in [0.4, 0.5) is 15.3 Å². The van der Waals surface area contributed by atoms with E-state index < -0.39 is 17.3 Å². The number of nitrogens with one attached hydrogen (secondary N) is 1. The van der Waals surface area contributed by atoms with Crippen molar-refractivity contribution in [2.24, 2.45) is 0 Å². The van der Waals surface area contributed by atoms with E-state index in [4.69, 9.17) is 21.1 Å². The zero-order valence-electron chi connectivity index (χ0n) is 19.0. The number of anilines is 1. The van der Waals surface area contributed by atoms with Gasteiger partial charge in [0, 0.05) is 32.7 Å². The molecule has 0 aliphatic carbocycles. The number of carbonyl (C=O) groups excluding carboxylic acids is 2. The minimum Gasteiger partial charge on any atom is -0.444 e. The fourth-order valence-electron chi connectivity index (χ4n) is 3.02. The first kappa shape index (κ1) is 24.8. The van der Waals surface area contributed by atoms with Gasteiger partial charge in [-0.1, -0.05) is 11.6 Å². The molecule has 1 N–H and O–H groups in total. The van der Waals surface area contributed by atoms with Gasteiger partial charge in [0.05, 0.1) is 22.3 Å². The Hall–Kier alpha value is -2.50. The minimum absolute atomic E-state index is 0.319. The third-order valence-corrected chi connectivity index (χ3v) is 4.78. The first-order valence-electron chi connectivity index (χ1n) is 10.2. The molecule has 0 unspecified atom stereocenters. The standard InChI is InChI=1S/C22H31ClN4O4/c1-21(2,3)30-19(28)25-17-12-15(13-24)11-16(18(17)23)14-26-7-9-27(10-8-26)20(29)31-22(4,5)6/h11-12H,7-10,14H2,1-6H3,(H,25,28). The van der Waals surface area contributed by atoms with Crippen LogP contribution in [0.1, 0.15) is 52.7 Å². The number of nitrogens with zero attached hydrogens (tertiary/aromatic N) is 3. The Morgan fingerprint density at radius 2 is 1.65 bits per heavy atom. The summed E-state index contributed by atoms with van der Waals surface area (Å²) in [5.41, 5.74) is 0.254. The molecule has 170 valence electrons. The Labute approximate surface area is 189 Å². The van der Waals surface area contributed by atoms with Crippen LogP contribution in [-0.4, -0.2) is 59.4 Å². The van der Waals surface area contributed by atoms with Crippen LogP contribution in [0, 0.1) is 11.3 Å². The Balaban J connectivity index is 2.06. The van der Waals surface area contributed by atoms with Crippen LogP contribution < -0.4 is 5.32 Å². The molecule has 1 fully saturated rings. The summed E-state index contributed by atoms with van der Waals surface area (Å²) < 4.78 is 10.7. The molecule has 1 aliphatic rings. The molecule has 0 bridgehead atoms. The van der Waals surface area contributed by atoms with Crippen LogP contribution in [0.15, 0.2) is 12.1 Å². The number of hydrogen-bond donors (Lipinski definition) is 1. The molecule has 8 nitrogen and oxygen atoms in total. The smallest absolute Gasteiger partial charge is 0.412 e. The van der Waals surface area contributed by atoms with E-state index in [1.165, 1.54) is 6.07 Å². The number of nitriles is 1. The highest BCUT2D eigenvalue weighted by Gasteiger charge is 2.26. The molecule has 0 saturated carbocycles. The van der Waals surface area contributed by atoms with E-state index in [0.717, 1.165) is 5.56 Å². The molecule has 1 heterocycles. The summed E-state index contributed by atoms with van der Waals surface area (Å²) in [6.07, 6.45) is -0.957. The minimum atomic E-state index is -0.653. The number of piperazine rings is 1. The van der Waals surface area contributed by atoms with E-state index in [2.05, 4.69) is 16.3 Å². The molecule has 0 spiro atoms. The second-order valence-electron chi connectivity index (χ2n) is 9.48. The normalized spacial score (nSPS) is 15.2. The highest BCUT2D eigenvalue weighted by molar-refractivity contribution is 6.34. The molecule has 0 aromatic heterocycles. The SMILES string of the molecule is CC(C)(C)OC(=O)Nc1cc(C#N)cc(CN2CCN(C(=O)OC(C)(C)C)CC2)c1Cl. The molecule has 9 heteroatoms. The summed E-state index contributed by atoms with van der Waals surface area (Å²) in [5.74, 6) is 0. The molecule has 0 atom stereocenters. The van der Waals surface area contributed by atoms with E-state index in [0.29, 0.717) is 49.0 Å². The van der Waals surface area contributed by atoms with Gasteiger partial charge >= 0.3 is 12.2 Å². The van der Waals surface area contributed by atoms with E-state index >= 15 is 0 Å². The van der Waals surface area contributed by atoms with Gasteiger partial charge in [-0.3, -0.25) is 10.2 Å². The number of halogens is 1. The van der Waals surface area contributed by atoms with Gasteiger partial charge in [0.15, 0.2) is 0 Å². The summed E-state index contributed by atoms with van der Waals surface area (Å²) in [4.78, 5) is 28.2. The molecule has 1 aromatic carbocycles. The van der Waals surface area contributed by atoms with Gasteiger partial charge in [-0.2, -0.15) is 5.26 Å². The summed E-state index contributed by atoms with van der Waals surface area (Å²) in [6, 6.07) is 5.33. The number of ether oxygens (including phenoxy) is 2. The van der Waals surface area contributed by atoms with Gasteiger partial charge in [0.2, 0.25) is 0 Å². The predicted molar refractivity (Wildman–Crippen MR) is 119 cm³/mol. The van der Waals surface area contributed by atoms with Gasteiger partial charge in [-0.15, -0.1) is 0 Å². The zero-order valence-corrected chi connectivity index (χ0v) is 19.8. The van der Waals surface area contributed by atoms with Crippen LogP contribution in [0.3, 0.4) is 0 Å². The fraction of sp³-hybridized carbons (Fsp3) is 0.591. The molecule has 1 aromatic rings. The van der Waals surface area contributed by atoms with Gasteiger partial charge in [0.1, 0.15) is 11.2 Å². The van der Waals surface area contributed by atoms with Crippen molar-refractivity contribution in [2.45, 2.75) is 59.3 Å². The second kappa shape index (κ2) is 9.75. The molecule has 1 saturated heterocycles. The van der Waals surface area contributed by atoms with E-state index in [-0.39, 0.29) is 6.09 Å². The van der Waals surface area contributed by atoms with Crippen LogP contribution in [0.25, 0.3) is 0 Å². The van der Waals surface area contributed by atoms with Crippen molar-refractivity contribution in [2.75, 3.05) is 31.5 Å². The quantitative estimate of drug-likeness (QED) is 0.722. The van der Waals surface area contributed by atoms with Crippen molar-refractivity contribution >= 4 is 29.5 Å². The van der Waals surface area contributed by atoms with Crippen LogP contribution in [0.5, 0.6) is 0 Å². The number of rotatable bonds is 3. The fourth-order valence-corrected chi connectivity index (χ4v) is 3.24. The number of amides is 2. The maximum atomic E-state index is 12.2. The lowest BCUT2D eigenvalue weighted by atomic mass is 10.1. The monoisotopic (exact) mass is 450 g/mol. The van der Waals surface area contributed by atoms with Crippen LogP contribution >= 0.6 is 11.6 Å². The van der Waals surface area contributed by atoms with Crippen molar-refractivity contribution in [3.8, 4) is 6.07 Å².